The second kappa shape index (κ2) is 9.99. The fourth-order valence-electron chi connectivity index (χ4n) is 4.42. The number of aryl methyl sites for hydroxylation is 1. The van der Waals surface area contributed by atoms with Gasteiger partial charge in [0, 0.05) is 55.2 Å². The van der Waals surface area contributed by atoms with E-state index < -0.39 is 5.97 Å². The van der Waals surface area contributed by atoms with Crippen LogP contribution >= 0.6 is 0 Å². The van der Waals surface area contributed by atoms with E-state index in [1.807, 2.05) is 19.1 Å². The molecule has 0 radical (unpaired) electrons. The Balaban J connectivity index is 1.40. The van der Waals surface area contributed by atoms with Crippen molar-refractivity contribution in [3.63, 3.8) is 0 Å². The van der Waals surface area contributed by atoms with Crippen LogP contribution in [0.3, 0.4) is 0 Å². The molecule has 182 valence electrons. The zero-order chi connectivity index (χ0) is 25.1. The number of anilines is 3. The fourth-order valence-corrected chi connectivity index (χ4v) is 4.42. The van der Waals surface area contributed by atoms with Crippen molar-refractivity contribution in [1.29, 1.82) is 0 Å². The van der Waals surface area contributed by atoms with Crippen molar-refractivity contribution < 1.29 is 14.7 Å². The summed E-state index contributed by atoms with van der Waals surface area (Å²) in [6.45, 7) is 4.85. The molecule has 1 aliphatic heterocycles. The summed E-state index contributed by atoms with van der Waals surface area (Å²) in [5.74, 6) is 0.0144. The number of rotatable bonds is 5. The minimum atomic E-state index is -1.04. The van der Waals surface area contributed by atoms with Crippen LogP contribution in [0.4, 0.5) is 17.5 Å². The topological polar surface area (TPSA) is 112 Å². The van der Waals surface area contributed by atoms with Crippen LogP contribution in [0.1, 0.15) is 32.7 Å². The van der Waals surface area contributed by atoms with Gasteiger partial charge >= 0.3 is 5.97 Å². The van der Waals surface area contributed by atoms with Gasteiger partial charge < -0.3 is 20.2 Å². The molecule has 36 heavy (non-hydrogen) atoms. The van der Waals surface area contributed by atoms with E-state index in [1.165, 1.54) is 0 Å². The molecule has 0 atom stereocenters. The molecule has 0 bridgehead atoms. The van der Waals surface area contributed by atoms with Crippen molar-refractivity contribution >= 4 is 40.2 Å². The molecule has 2 N–H and O–H groups in total. The van der Waals surface area contributed by atoms with Gasteiger partial charge in [0.15, 0.2) is 0 Å². The fraction of sp³-hybridized carbons (Fsp3) is 0.222. The standard InChI is InChI=1S/C27H26N6O3/c1-18-5-2-6-19(15-18)25(34)30-20-7-8-23-21(16-20)22(26(35)36)17-24(31-23)32-11-4-12-33(14-13-32)27-28-9-3-10-29-27/h2-3,5-10,15-17H,4,11-14H2,1H3,(H,30,34)(H,35,36). The maximum atomic E-state index is 12.7. The molecule has 9 heteroatoms. The number of carbonyl (C=O) groups excluding carboxylic acids is 1. The molecule has 1 aliphatic rings. The lowest BCUT2D eigenvalue weighted by Gasteiger charge is -2.23. The maximum Gasteiger partial charge on any atom is 0.336 e. The normalized spacial score (nSPS) is 13.9. The second-order valence-corrected chi connectivity index (χ2v) is 8.77. The van der Waals surface area contributed by atoms with Crippen LogP contribution in [0, 0.1) is 6.92 Å². The van der Waals surface area contributed by atoms with Crippen molar-refractivity contribution in [2.45, 2.75) is 13.3 Å². The molecule has 2 aromatic heterocycles. The molecule has 3 heterocycles. The zero-order valence-corrected chi connectivity index (χ0v) is 19.9. The van der Waals surface area contributed by atoms with Gasteiger partial charge in [-0.3, -0.25) is 4.79 Å². The van der Waals surface area contributed by atoms with Gasteiger partial charge in [0.25, 0.3) is 5.91 Å². The van der Waals surface area contributed by atoms with Gasteiger partial charge in [-0.25, -0.2) is 19.7 Å². The molecule has 2 aromatic carbocycles. The first-order valence-electron chi connectivity index (χ1n) is 11.8. The number of hydrogen-bond acceptors (Lipinski definition) is 7. The van der Waals surface area contributed by atoms with Gasteiger partial charge in [-0.15, -0.1) is 0 Å². The minimum absolute atomic E-state index is 0.147. The van der Waals surface area contributed by atoms with Gasteiger partial charge in [-0.05, 0) is 55.8 Å². The van der Waals surface area contributed by atoms with Crippen LogP contribution in [0.25, 0.3) is 10.9 Å². The number of carboxylic acid groups (broad SMARTS) is 1. The van der Waals surface area contributed by atoms with Crippen molar-refractivity contribution in [2.75, 3.05) is 41.3 Å². The third kappa shape index (κ3) is 4.95. The average molecular weight is 483 g/mol. The van der Waals surface area contributed by atoms with Crippen molar-refractivity contribution in [2.24, 2.45) is 0 Å². The number of fused-ring (bicyclic) bond motifs is 1. The number of aromatic carboxylic acids is 1. The van der Waals surface area contributed by atoms with E-state index >= 15 is 0 Å². The number of benzene rings is 2. The predicted octanol–water partition coefficient (Wildman–Crippen LogP) is 4.00. The highest BCUT2D eigenvalue weighted by molar-refractivity contribution is 6.08. The van der Waals surface area contributed by atoms with E-state index in [1.54, 1.807) is 54.9 Å². The molecule has 9 nitrogen and oxygen atoms in total. The van der Waals surface area contributed by atoms with E-state index in [4.69, 9.17) is 4.98 Å². The Hall–Kier alpha value is -4.53. The van der Waals surface area contributed by atoms with E-state index in [9.17, 15) is 14.7 Å². The van der Waals surface area contributed by atoms with Gasteiger partial charge in [0.2, 0.25) is 5.95 Å². The summed E-state index contributed by atoms with van der Waals surface area (Å²) >= 11 is 0. The summed E-state index contributed by atoms with van der Waals surface area (Å²) in [5, 5.41) is 13.3. The molecule has 0 unspecified atom stereocenters. The summed E-state index contributed by atoms with van der Waals surface area (Å²) in [6, 6.07) is 15.9. The lowest BCUT2D eigenvalue weighted by Crippen LogP contribution is -2.32. The molecule has 0 spiro atoms. The van der Waals surface area contributed by atoms with Crippen LogP contribution in [0.15, 0.2) is 67.0 Å². The Morgan fingerprint density at radius 2 is 1.69 bits per heavy atom. The smallest absolute Gasteiger partial charge is 0.336 e. The number of pyridine rings is 1. The number of nitrogens with one attached hydrogen (secondary N) is 1. The first-order valence-corrected chi connectivity index (χ1v) is 11.8. The number of hydrogen-bond donors (Lipinski definition) is 2. The third-order valence-electron chi connectivity index (χ3n) is 6.22. The largest absolute Gasteiger partial charge is 0.478 e. The monoisotopic (exact) mass is 482 g/mol. The predicted molar refractivity (Wildman–Crippen MR) is 139 cm³/mol. The number of amides is 1. The van der Waals surface area contributed by atoms with Crippen LogP contribution in [-0.2, 0) is 0 Å². The summed E-state index contributed by atoms with van der Waals surface area (Å²) in [4.78, 5) is 42.6. The van der Waals surface area contributed by atoms with E-state index in [0.717, 1.165) is 25.1 Å². The lowest BCUT2D eigenvalue weighted by molar-refractivity contribution is 0.0698. The van der Waals surface area contributed by atoms with Crippen LogP contribution in [0.5, 0.6) is 0 Å². The molecule has 0 aliphatic carbocycles. The average Bonchev–Trinajstić information content (AvgIpc) is 3.15. The zero-order valence-electron chi connectivity index (χ0n) is 19.9. The minimum Gasteiger partial charge on any atom is -0.478 e. The molecule has 1 amide bonds. The SMILES string of the molecule is Cc1cccc(C(=O)Nc2ccc3nc(N4CCCN(c5ncccn5)CC4)cc(C(=O)O)c3c2)c1. The number of carbonyl (C=O) groups is 2. The first-order chi connectivity index (χ1) is 17.5. The van der Waals surface area contributed by atoms with Crippen LogP contribution in [0.2, 0.25) is 0 Å². The van der Waals surface area contributed by atoms with E-state index in [2.05, 4.69) is 25.1 Å². The summed E-state index contributed by atoms with van der Waals surface area (Å²) in [6.07, 6.45) is 4.32. The molecule has 0 saturated carbocycles. The van der Waals surface area contributed by atoms with Crippen molar-refractivity contribution in [3.8, 4) is 0 Å². The van der Waals surface area contributed by atoms with Gasteiger partial charge in [-0.2, -0.15) is 0 Å². The molecule has 5 rings (SSSR count). The van der Waals surface area contributed by atoms with Gasteiger partial charge in [-0.1, -0.05) is 17.7 Å². The van der Waals surface area contributed by atoms with Crippen LogP contribution < -0.4 is 15.1 Å². The molecule has 4 aromatic rings. The molecule has 1 saturated heterocycles. The molecular weight excluding hydrogens is 456 g/mol. The maximum absolute atomic E-state index is 12.7. The van der Waals surface area contributed by atoms with Crippen LogP contribution in [-0.4, -0.2) is 58.1 Å². The Bertz CT molecular complexity index is 1430. The highest BCUT2D eigenvalue weighted by atomic mass is 16.4. The summed E-state index contributed by atoms with van der Waals surface area (Å²) < 4.78 is 0. The summed E-state index contributed by atoms with van der Waals surface area (Å²) in [7, 11) is 0. The molecule has 1 fully saturated rings. The third-order valence-corrected chi connectivity index (χ3v) is 6.22. The number of nitrogens with zero attached hydrogens (tertiary/aromatic N) is 5. The Morgan fingerprint density at radius 1 is 0.917 bits per heavy atom. The number of carboxylic acids is 1. The van der Waals surface area contributed by atoms with Crippen molar-refractivity contribution in [1.82, 2.24) is 15.0 Å². The van der Waals surface area contributed by atoms with E-state index in [-0.39, 0.29) is 11.5 Å². The van der Waals surface area contributed by atoms with Gasteiger partial charge in [0.05, 0.1) is 11.1 Å². The molecular formula is C27H26N6O3. The highest BCUT2D eigenvalue weighted by Crippen LogP contribution is 2.27. The Morgan fingerprint density at radius 3 is 2.47 bits per heavy atom. The Kier molecular flexibility index (Phi) is 6.44. The van der Waals surface area contributed by atoms with Gasteiger partial charge in [0.1, 0.15) is 5.82 Å². The highest BCUT2D eigenvalue weighted by Gasteiger charge is 2.21. The Labute approximate surface area is 208 Å². The van der Waals surface area contributed by atoms with Crippen molar-refractivity contribution in [3.05, 3.63) is 83.7 Å². The summed E-state index contributed by atoms with van der Waals surface area (Å²) in [5.41, 5.74) is 2.75. The number of aromatic nitrogens is 3. The first kappa shape index (κ1) is 23.2. The second-order valence-electron chi connectivity index (χ2n) is 8.77. The van der Waals surface area contributed by atoms with E-state index in [0.29, 0.717) is 47.0 Å². The quantitative estimate of drug-likeness (QED) is 0.439. The lowest BCUT2D eigenvalue weighted by atomic mass is 10.1.